The zero-order chi connectivity index (χ0) is 14.8. The van der Waals surface area contributed by atoms with Crippen LogP contribution in [-0.4, -0.2) is 22.0 Å². The molecule has 1 aromatic heterocycles. The monoisotopic (exact) mass is 302 g/mol. The lowest BCUT2D eigenvalue weighted by Crippen LogP contribution is -2.12. The summed E-state index contributed by atoms with van der Waals surface area (Å²) >= 11 is 1.53. The first-order valence-electron chi connectivity index (χ1n) is 6.77. The van der Waals surface area contributed by atoms with Gasteiger partial charge in [0.1, 0.15) is 0 Å². The third-order valence-electron chi connectivity index (χ3n) is 3.46. The molecule has 6 heteroatoms. The van der Waals surface area contributed by atoms with E-state index < -0.39 is 5.97 Å². The average molecular weight is 302 g/mol. The van der Waals surface area contributed by atoms with Crippen LogP contribution in [0.4, 0.5) is 5.13 Å². The van der Waals surface area contributed by atoms with Crippen LogP contribution in [-0.2, 0) is 12.8 Å². The van der Waals surface area contributed by atoms with Crippen LogP contribution in [0.2, 0.25) is 0 Å². The van der Waals surface area contributed by atoms with Gasteiger partial charge in [-0.05, 0) is 49.9 Å². The van der Waals surface area contributed by atoms with Gasteiger partial charge < -0.3 is 5.11 Å². The van der Waals surface area contributed by atoms with E-state index in [2.05, 4.69) is 10.3 Å². The highest BCUT2D eigenvalue weighted by Gasteiger charge is 2.17. The van der Waals surface area contributed by atoms with Crippen molar-refractivity contribution >= 4 is 28.3 Å². The first-order valence-corrected chi connectivity index (χ1v) is 7.58. The van der Waals surface area contributed by atoms with Gasteiger partial charge in [0.15, 0.2) is 5.13 Å². The molecule has 0 unspecified atom stereocenters. The molecule has 0 saturated heterocycles. The molecule has 0 radical (unpaired) electrons. The SMILES string of the molecule is O=C(O)c1ccc(C(=O)Nc2nc3c(s2)CCCC3)cc1. The maximum Gasteiger partial charge on any atom is 0.335 e. The number of fused-ring (bicyclic) bond motifs is 1. The fourth-order valence-corrected chi connectivity index (χ4v) is 3.38. The highest BCUT2D eigenvalue weighted by molar-refractivity contribution is 7.15. The van der Waals surface area contributed by atoms with Gasteiger partial charge >= 0.3 is 5.97 Å². The van der Waals surface area contributed by atoms with Gasteiger partial charge in [-0.15, -0.1) is 11.3 Å². The fraction of sp³-hybridized carbons (Fsp3) is 0.267. The van der Waals surface area contributed by atoms with E-state index in [0.29, 0.717) is 10.7 Å². The van der Waals surface area contributed by atoms with E-state index in [0.717, 1.165) is 25.0 Å². The van der Waals surface area contributed by atoms with Crippen molar-refractivity contribution in [2.75, 3.05) is 5.32 Å². The number of rotatable bonds is 3. The zero-order valence-electron chi connectivity index (χ0n) is 11.3. The molecule has 0 aliphatic heterocycles. The second-order valence-electron chi connectivity index (χ2n) is 4.93. The number of nitrogens with one attached hydrogen (secondary N) is 1. The Morgan fingerprint density at radius 2 is 1.76 bits per heavy atom. The Balaban J connectivity index is 1.73. The van der Waals surface area contributed by atoms with Gasteiger partial charge in [-0.2, -0.15) is 0 Å². The molecule has 1 heterocycles. The van der Waals surface area contributed by atoms with Crippen LogP contribution in [0, 0.1) is 0 Å². The van der Waals surface area contributed by atoms with Crippen molar-refractivity contribution in [3.05, 3.63) is 46.0 Å². The molecule has 1 amide bonds. The number of carboxylic acids is 1. The van der Waals surface area contributed by atoms with Crippen molar-refractivity contribution in [2.45, 2.75) is 25.7 Å². The lowest BCUT2D eigenvalue weighted by Gasteiger charge is -2.06. The van der Waals surface area contributed by atoms with E-state index in [1.165, 1.54) is 46.9 Å². The summed E-state index contributed by atoms with van der Waals surface area (Å²) in [6, 6.07) is 5.85. The van der Waals surface area contributed by atoms with E-state index in [-0.39, 0.29) is 11.5 Å². The zero-order valence-corrected chi connectivity index (χ0v) is 12.1. The second-order valence-corrected chi connectivity index (χ2v) is 6.02. The van der Waals surface area contributed by atoms with Crippen LogP contribution in [0.5, 0.6) is 0 Å². The minimum Gasteiger partial charge on any atom is -0.478 e. The summed E-state index contributed by atoms with van der Waals surface area (Å²) in [7, 11) is 0. The number of hydrogen-bond donors (Lipinski definition) is 2. The highest BCUT2D eigenvalue weighted by atomic mass is 32.1. The standard InChI is InChI=1S/C15H14N2O3S/c18-13(9-5-7-10(8-6-9)14(19)20)17-15-16-11-3-1-2-4-12(11)21-15/h5-8H,1-4H2,(H,19,20)(H,16,17,18). The number of aromatic nitrogens is 1. The summed E-state index contributed by atoms with van der Waals surface area (Å²) in [4.78, 5) is 28.6. The summed E-state index contributed by atoms with van der Waals surface area (Å²) in [5, 5.41) is 12.2. The Bertz CT molecular complexity index is 668. The first-order chi connectivity index (χ1) is 10.1. The summed E-state index contributed by atoms with van der Waals surface area (Å²) in [6.07, 6.45) is 4.35. The molecule has 0 bridgehead atoms. The molecule has 2 N–H and O–H groups in total. The van der Waals surface area contributed by atoms with Gasteiger partial charge in [0.05, 0.1) is 11.3 Å². The van der Waals surface area contributed by atoms with Crippen LogP contribution < -0.4 is 5.32 Å². The number of nitrogens with zero attached hydrogens (tertiary/aromatic N) is 1. The van der Waals surface area contributed by atoms with E-state index >= 15 is 0 Å². The van der Waals surface area contributed by atoms with Gasteiger partial charge in [0, 0.05) is 10.4 Å². The van der Waals surface area contributed by atoms with E-state index in [4.69, 9.17) is 5.11 Å². The van der Waals surface area contributed by atoms with E-state index in [1.54, 1.807) is 0 Å². The summed E-state index contributed by atoms with van der Waals surface area (Å²) in [5.74, 6) is -1.27. The predicted molar refractivity (Wildman–Crippen MR) is 80.1 cm³/mol. The van der Waals surface area contributed by atoms with Crippen molar-refractivity contribution in [3.63, 3.8) is 0 Å². The summed E-state index contributed by atoms with van der Waals surface area (Å²) in [6.45, 7) is 0. The topological polar surface area (TPSA) is 79.3 Å². The molecule has 0 spiro atoms. The van der Waals surface area contributed by atoms with Crippen LogP contribution in [0.15, 0.2) is 24.3 Å². The number of aromatic carboxylic acids is 1. The molecular formula is C15H14N2O3S. The van der Waals surface area contributed by atoms with Crippen LogP contribution >= 0.6 is 11.3 Å². The molecule has 0 fully saturated rings. The molecule has 1 aliphatic carbocycles. The lowest BCUT2D eigenvalue weighted by atomic mass is 10.0. The molecule has 3 rings (SSSR count). The van der Waals surface area contributed by atoms with Gasteiger partial charge in [-0.25, -0.2) is 9.78 Å². The molecule has 1 aromatic carbocycles. The number of anilines is 1. The Morgan fingerprint density at radius 3 is 2.43 bits per heavy atom. The number of aryl methyl sites for hydroxylation is 2. The third-order valence-corrected chi connectivity index (χ3v) is 4.53. The Hall–Kier alpha value is -2.21. The second kappa shape index (κ2) is 5.65. The smallest absolute Gasteiger partial charge is 0.335 e. The normalized spacial score (nSPS) is 13.5. The minimum absolute atomic E-state index is 0.163. The van der Waals surface area contributed by atoms with Crippen molar-refractivity contribution in [2.24, 2.45) is 0 Å². The quantitative estimate of drug-likeness (QED) is 0.913. The Labute approximate surface area is 125 Å². The number of thiazole rings is 1. The van der Waals surface area contributed by atoms with Crippen molar-refractivity contribution in [1.29, 1.82) is 0 Å². The number of carboxylic acid groups (broad SMARTS) is 1. The van der Waals surface area contributed by atoms with E-state index in [1.807, 2.05) is 0 Å². The summed E-state index contributed by atoms with van der Waals surface area (Å²) < 4.78 is 0. The number of carbonyl (C=O) groups is 2. The molecule has 1 aliphatic rings. The maximum absolute atomic E-state index is 12.1. The van der Waals surface area contributed by atoms with Gasteiger partial charge in [0.25, 0.3) is 5.91 Å². The first kappa shape index (κ1) is 13.8. The lowest BCUT2D eigenvalue weighted by molar-refractivity contribution is 0.0696. The maximum atomic E-state index is 12.1. The third kappa shape index (κ3) is 2.95. The molecule has 21 heavy (non-hydrogen) atoms. The molecule has 0 saturated carbocycles. The number of hydrogen-bond acceptors (Lipinski definition) is 4. The number of benzene rings is 1. The van der Waals surface area contributed by atoms with Crippen molar-refractivity contribution in [1.82, 2.24) is 4.98 Å². The minimum atomic E-state index is -1.01. The van der Waals surface area contributed by atoms with Crippen molar-refractivity contribution < 1.29 is 14.7 Å². The number of carbonyl (C=O) groups excluding carboxylic acids is 1. The van der Waals surface area contributed by atoms with Crippen LogP contribution in [0.1, 0.15) is 44.1 Å². The van der Waals surface area contributed by atoms with Gasteiger partial charge in [-0.3, -0.25) is 10.1 Å². The molecular weight excluding hydrogens is 288 g/mol. The van der Waals surface area contributed by atoms with Crippen LogP contribution in [0.3, 0.4) is 0 Å². The van der Waals surface area contributed by atoms with Crippen molar-refractivity contribution in [3.8, 4) is 0 Å². The largest absolute Gasteiger partial charge is 0.478 e. The average Bonchev–Trinajstić information content (AvgIpc) is 2.89. The predicted octanol–water partition coefficient (Wildman–Crippen LogP) is 2.97. The van der Waals surface area contributed by atoms with Crippen LogP contribution in [0.25, 0.3) is 0 Å². The van der Waals surface area contributed by atoms with E-state index in [9.17, 15) is 9.59 Å². The van der Waals surface area contributed by atoms with Gasteiger partial charge in [-0.1, -0.05) is 0 Å². The highest BCUT2D eigenvalue weighted by Crippen LogP contribution is 2.29. The molecule has 0 atom stereocenters. The fourth-order valence-electron chi connectivity index (χ4n) is 2.34. The molecule has 108 valence electrons. The molecule has 2 aromatic rings. The Kier molecular flexibility index (Phi) is 3.70. The molecule has 5 nitrogen and oxygen atoms in total. The number of amides is 1. The Morgan fingerprint density at radius 1 is 1.10 bits per heavy atom. The summed E-state index contributed by atoms with van der Waals surface area (Å²) in [5.41, 5.74) is 1.69. The van der Waals surface area contributed by atoms with Gasteiger partial charge in [0.2, 0.25) is 0 Å².